The van der Waals surface area contributed by atoms with E-state index in [9.17, 15) is 9.18 Å². The molecule has 1 amide bonds. The summed E-state index contributed by atoms with van der Waals surface area (Å²) in [5.41, 5.74) is 5.65. The predicted octanol–water partition coefficient (Wildman–Crippen LogP) is 1.64. The van der Waals surface area contributed by atoms with Gasteiger partial charge in [0.25, 0.3) is 5.91 Å². The van der Waals surface area contributed by atoms with Gasteiger partial charge >= 0.3 is 0 Å². The molecule has 0 bridgehead atoms. The Morgan fingerprint density at radius 2 is 2.29 bits per heavy atom. The molecular formula is C12H14FN3O. The molecule has 0 aromatic heterocycles. The minimum atomic E-state index is -0.547. The second-order valence-electron chi connectivity index (χ2n) is 3.95. The number of nitrogens with two attached hydrogens (primary N) is 1. The fraction of sp³-hybridized carbons (Fsp3) is 0.333. The van der Waals surface area contributed by atoms with Crippen molar-refractivity contribution < 1.29 is 9.18 Å². The van der Waals surface area contributed by atoms with Gasteiger partial charge in [-0.05, 0) is 25.1 Å². The van der Waals surface area contributed by atoms with Crippen LogP contribution in [-0.2, 0) is 0 Å². The van der Waals surface area contributed by atoms with E-state index < -0.39 is 5.82 Å². The molecule has 0 saturated carbocycles. The van der Waals surface area contributed by atoms with Crippen LogP contribution in [0.25, 0.3) is 0 Å². The van der Waals surface area contributed by atoms with E-state index in [4.69, 9.17) is 11.0 Å². The van der Waals surface area contributed by atoms with E-state index in [0.717, 1.165) is 6.07 Å². The monoisotopic (exact) mass is 235 g/mol. The second-order valence-corrected chi connectivity index (χ2v) is 3.95. The summed E-state index contributed by atoms with van der Waals surface area (Å²) >= 11 is 0. The van der Waals surface area contributed by atoms with Gasteiger partial charge in [-0.1, -0.05) is 0 Å². The second kappa shape index (κ2) is 5.30. The number of hydrogen-bond donors (Lipinski definition) is 1. The third-order valence-corrected chi connectivity index (χ3v) is 2.36. The summed E-state index contributed by atoms with van der Waals surface area (Å²) in [6.07, 6.45) is 0. The Hall–Kier alpha value is -2.09. The fourth-order valence-electron chi connectivity index (χ4n) is 1.43. The maximum atomic E-state index is 12.9. The van der Waals surface area contributed by atoms with Crippen molar-refractivity contribution in [3.05, 3.63) is 29.6 Å². The number of nitrogens with zero attached hydrogens (tertiary/aromatic N) is 2. The van der Waals surface area contributed by atoms with Crippen LogP contribution in [0.1, 0.15) is 17.3 Å². The maximum absolute atomic E-state index is 12.9. The van der Waals surface area contributed by atoms with E-state index in [2.05, 4.69) is 0 Å². The Kier molecular flexibility index (Phi) is 4.05. The molecule has 1 unspecified atom stereocenters. The highest BCUT2D eigenvalue weighted by atomic mass is 19.1. The SMILES string of the molecule is CC(C#N)CN(C)C(=O)c1ccc(F)c(N)c1. The van der Waals surface area contributed by atoms with Crippen molar-refractivity contribution in [2.45, 2.75) is 6.92 Å². The molecule has 1 aromatic carbocycles. The average Bonchev–Trinajstić information content (AvgIpc) is 2.31. The van der Waals surface area contributed by atoms with Crippen LogP contribution in [0.5, 0.6) is 0 Å². The number of halogens is 1. The van der Waals surface area contributed by atoms with Gasteiger partial charge in [-0.3, -0.25) is 4.79 Å². The number of amides is 1. The number of anilines is 1. The summed E-state index contributed by atoms with van der Waals surface area (Å²) < 4.78 is 12.9. The summed E-state index contributed by atoms with van der Waals surface area (Å²) in [5, 5.41) is 8.66. The number of rotatable bonds is 3. The zero-order chi connectivity index (χ0) is 13.0. The number of carbonyl (C=O) groups excluding carboxylic acids is 1. The first-order chi connectivity index (χ1) is 7.95. The molecule has 0 radical (unpaired) electrons. The van der Waals surface area contributed by atoms with Gasteiger partial charge in [0.2, 0.25) is 0 Å². The normalized spacial score (nSPS) is 11.6. The van der Waals surface area contributed by atoms with Gasteiger partial charge < -0.3 is 10.6 Å². The minimum Gasteiger partial charge on any atom is -0.396 e. The molecule has 1 aromatic rings. The van der Waals surface area contributed by atoms with Crippen LogP contribution in [0.2, 0.25) is 0 Å². The van der Waals surface area contributed by atoms with Gasteiger partial charge in [-0.15, -0.1) is 0 Å². The Morgan fingerprint density at radius 3 is 2.82 bits per heavy atom. The van der Waals surface area contributed by atoms with E-state index in [1.807, 2.05) is 6.07 Å². The van der Waals surface area contributed by atoms with E-state index in [0.29, 0.717) is 12.1 Å². The van der Waals surface area contributed by atoms with E-state index in [1.54, 1.807) is 14.0 Å². The van der Waals surface area contributed by atoms with Crippen molar-refractivity contribution in [3.63, 3.8) is 0 Å². The Balaban J connectivity index is 2.82. The first-order valence-electron chi connectivity index (χ1n) is 5.15. The number of hydrogen-bond acceptors (Lipinski definition) is 3. The summed E-state index contributed by atoms with van der Waals surface area (Å²) in [6.45, 7) is 2.05. The van der Waals surface area contributed by atoms with E-state index in [1.165, 1.54) is 17.0 Å². The van der Waals surface area contributed by atoms with Crippen molar-refractivity contribution in [1.82, 2.24) is 4.90 Å². The van der Waals surface area contributed by atoms with Crippen LogP contribution in [-0.4, -0.2) is 24.4 Å². The van der Waals surface area contributed by atoms with Crippen molar-refractivity contribution in [3.8, 4) is 6.07 Å². The van der Waals surface area contributed by atoms with Gasteiger partial charge in [0.1, 0.15) is 5.82 Å². The topological polar surface area (TPSA) is 70.1 Å². The Morgan fingerprint density at radius 1 is 1.65 bits per heavy atom. The van der Waals surface area contributed by atoms with Gasteiger partial charge in [-0.25, -0.2) is 4.39 Å². The lowest BCUT2D eigenvalue weighted by atomic mass is 10.1. The summed E-state index contributed by atoms with van der Waals surface area (Å²) in [4.78, 5) is 13.3. The lowest BCUT2D eigenvalue weighted by Crippen LogP contribution is -2.30. The molecule has 0 aliphatic carbocycles. The van der Waals surface area contributed by atoms with Gasteiger partial charge in [0, 0.05) is 19.2 Å². The van der Waals surface area contributed by atoms with Gasteiger partial charge in [0.05, 0.1) is 17.7 Å². The zero-order valence-corrected chi connectivity index (χ0v) is 9.77. The van der Waals surface area contributed by atoms with E-state index in [-0.39, 0.29) is 17.5 Å². The molecule has 90 valence electrons. The lowest BCUT2D eigenvalue weighted by Gasteiger charge is -2.18. The molecule has 0 aliphatic rings. The number of nitrogen functional groups attached to an aromatic ring is 1. The predicted molar refractivity (Wildman–Crippen MR) is 62.5 cm³/mol. The smallest absolute Gasteiger partial charge is 0.253 e. The number of nitriles is 1. The summed E-state index contributed by atoms with van der Waals surface area (Å²) in [6, 6.07) is 5.87. The van der Waals surface area contributed by atoms with Crippen LogP contribution in [0.15, 0.2) is 18.2 Å². The van der Waals surface area contributed by atoms with Crippen molar-refractivity contribution in [2.24, 2.45) is 5.92 Å². The summed E-state index contributed by atoms with van der Waals surface area (Å²) in [5.74, 6) is -1.07. The molecule has 1 rings (SSSR count). The molecule has 0 fully saturated rings. The molecule has 17 heavy (non-hydrogen) atoms. The quantitative estimate of drug-likeness (QED) is 0.809. The van der Waals surface area contributed by atoms with Crippen LogP contribution in [0.4, 0.5) is 10.1 Å². The number of benzene rings is 1. The Labute approximate surface area is 99.4 Å². The molecule has 4 nitrogen and oxygen atoms in total. The standard InChI is InChI=1S/C12H14FN3O/c1-8(6-14)7-16(2)12(17)9-3-4-10(13)11(15)5-9/h3-5,8H,7,15H2,1-2H3. The average molecular weight is 235 g/mol. The molecule has 0 heterocycles. The van der Waals surface area contributed by atoms with E-state index >= 15 is 0 Å². The highest BCUT2D eigenvalue weighted by Gasteiger charge is 2.15. The molecule has 2 N–H and O–H groups in total. The Bertz CT molecular complexity index is 467. The van der Waals surface area contributed by atoms with Crippen molar-refractivity contribution in [2.75, 3.05) is 19.3 Å². The first kappa shape index (κ1) is 13.0. The fourth-order valence-corrected chi connectivity index (χ4v) is 1.43. The van der Waals surface area contributed by atoms with Crippen LogP contribution in [0.3, 0.4) is 0 Å². The molecule has 5 heteroatoms. The van der Waals surface area contributed by atoms with Crippen LogP contribution in [0, 0.1) is 23.1 Å². The first-order valence-corrected chi connectivity index (χ1v) is 5.15. The molecule has 0 saturated heterocycles. The highest BCUT2D eigenvalue weighted by molar-refractivity contribution is 5.94. The minimum absolute atomic E-state index is 0.0578. The largest absolute Gasteiger partial charge is 0.396 e. The third-order valence-electron chi connectivity index (χ3n) is 2.36. The molecule has 1 atom stereocenters. The highest BCUT2D eigenvalue weighted by Crippen LogP contribution is 2.14. The number of carbonyl (C=O) groups is 1. The van der Waals surface area contributed by atoms with Gasteiger partial charge in [-0.2, -0.15) is 5.26 Å². The van der Waals surface area contributed by atoms with Crippen LogP contribution >= 0.6 is 0 Å². The van der Waals surface area contributed by atoms with Crippen molar-refractivity contribution in [1.29, 1.82) is 5.26 Å². The lowest BCUT2D eigenvalue weighted by molar-refractivity contribution is 0.0785. The maximum Gasteiger partial charge on any atom is 0.253 e. The van der Waals surface area contributed by atoms with Gasteiger partial charge in [0.15, 0.2) is 0 Å². The molecular weight excluding hydrogens is 221 g/mol. The zero-order valence-electron chi connectivity index (χ0n) is 9.77. The third kappa shape index (κ3) is 3.18. The van der Waals surface area contributed by atoms with Crippen molar-refractivity contribution >= 4 is 11.6 Å². The molecule has 0 spiro atoms. The van der Waals surface area contributed by atoms with Crippen LogP contribution < -0.4 is 5.73 Å². The summed E-state index contributed by atoms with van der Waals surface area (Å²) in [7, 11) is 1.59. The molecule has 0 aliphatic heterocycles.